The van der Waals surface area contributed by atoms with E-state index in [-0.39, 0.29) is 17.0 Å². The molecule has 7 nitrogen and oxygen atoms in total. The van der Waals surface area contributed by atoms with Gasteiger partial charge in [-0.05, 0) is 30.3 Å². The van der Waals surface area contributed by atoms with Gasteiger partial charge in [-0.2, -0.15) is 13.2 Å². The molecule has 0 unspecified atom stereocenters. The Morgan fingerprint density at radius 1 is 0.848 bits per heavy atom. The van der Waals surface area contributed by atoms with E-state index in [1.807, 2.05) is 6.07 Å². The zero-order chi connectivity index (χ0) is 23.4. The van der Waals surface area contributed by atoms with Crippen LogP contribution in [0.1, 0.15) is 26.5 Å². The molecule has 166 valence electrons. The van der Waals surface area contributed by atoms with E-state index in [9.17, 15) is 22.8 Å². The predicted octanol–water partition coefficient (Wildman–Crippen LogP) is 5.26. The number of nitrogens with zero attached hydrogens (tertiary/aromatic N) is 2. The molecule has 0 aliphatic heterocycles. The molecule has 2 aromatic heterocycles. The molecule has 4 rings (SSSR count). The molecule has 33 heavy (non-hydrogen) atoms. The smallest absolute Gasteiger partial charge is 0.418 e. The summed E-state index contributed by atoms with van der Waals surface area (Å²) in [7, 11) is 0. The molecular formula is C23H15F3N4O3. The van der Waals surface area contributed by atoms with Crippen molar-refractivity contribution in [3.8, 4) is 11.4 Å². The fourth-order valence-corrected chi connectivity index (χ4v) is 2.94. The molecule has 0 aliphatic rings. The number of furan rings is 1. The number of aromatic nitrogens is 2. The van der Waals surface area contributed by atoms with E-state index in [4.69, 9.17) is 4.42 Å². The van der Waals surface area contributed by atoms with Crippen LogP contribution in [0.4, 0.5) is 24.5 Å². The summed E-state index contributed by atoms with van der Waals surface area (Å²) in [5, 5.41) is 4.56. The standard InChI is InChI=1S/C23H15F3N4O3/c24-23(25,26)17-11-16(29-22(32)19-7-4-10-33-19)8-9-18(17)30-21(31)15-12-27-20(28-13-15)14-5-2-1-3-6-14/h1-13H,(H,29,32)(H,30,31). The molecule has 4 aromatic rings. The van der Waals surface area contributed by atoms with Crippen molar-refractivity contribution in [1.29, 1.82) is 0 Å². The van der Waals surface area contributed by atoms with Crippen molar-refractivity contribution in [3.05, 3.63) is 96.2 Å². The molecule has 2 amide bonds. The minimum absolute atomic E-state index is 0.0157. The number of carbonyl (C=O) groups excluding carboxylic acids is 2. The number of rotatable bonds is 5. The van der Waals surface area contributed by atoms with Crippen molar-refractivity contribution >= 4 is 23.2 Å². The van der Waals surface area contributed by atoms with Crippen molar-refractivity contribution in [1.82, 2.24) is 9.97 Å². The van der Waals surface area contributed by atoms with Gasteiger partial charge in [0.05, 0.1) is 23.1 Å². The van der Waals surface area contributed by atoms with Crippen molar-refractivity contribution in [2.75, 3.05) is 10.6 Å². The SMILES string of the molecule is O=C(Nc1ccc(NC(=O)c2ccco2)cc1C(F)(F)F)c1cnc(-c2ccccc2)nc1. The molecular weight excluding hydrogens is 437 g/mol. The van der Waals surface area contributed by atoms with Gasteiger partial charge < -0.3 is 15.1 Å². The number of anilines is 2. The molecule has 0 saturated carbocycles. The van der Waals surface area contributed by atoms with Gasteiger partial charge in [0.25, 0.3) is 11.8 Å². The molecule has 0 spiro atoms. The van der Waals surface area contributed by atoms with Crippen LogP contribution in [-0.2, 0) is 6.18 Å². The number of nitrogens with one attached hydrogen (secondary N) is 2. The highest BCUT2D eigenvalue weighted by atomic mass is 19.4. The Bertz CT molecular complexity index is 1270. The van der Waals surface area contributed by atoms with Gasteiger partial charge in [-0.3, -0.25) is 9.59 Å². The summed E-state index contributed by atoms with van der Waals surface area (Å²) >= 11 is 0. The second-order valence-electron chi connectivity index (χ2n) is 6.81. The maximum atomic E-state index is 13.6. The van der Waals surface area contributed by atoms with Gasteiger partial charge in [-0.1, -0.05) is 30.3 Å². The summed E-state index contributed by atoms with van der Waals surface area (Å²) in [6.45, 7) is 0. The van der Waals surface area contributed by atoms with Crippen molar-refractivity contribution < 1.29 is 27.2 Å². The van der Waals surface area contributed by atoms with E-state index in [2.05, 4.69) is 20.6 Å². The Labute approximate surface area is 185 Å². The van der Waals surface area contributed by atoms with Crippen molar-refractivity contribution in [2.45, 2.75) is 6.18 Å². The Hall–Kier alpha value is -4.47. The molecule has 2 aromatic carbocycles. The van der Waals surface area contributed by atoms with Crippen LogP contribution in [0.5, 0.6) is 0 Å². The first-order chi connectivity index (χ1) is 15.8. The lowest BCUT2D eigenvalue weighted by atomic mass is 10.1. The molecule has 0 fully saturated rings. The first-order valence-corrected chi connectivity index (χ1v) is 9.56. The minimum atomic E-state index is -4.79. The van der Waals surface area contributed by atoms with Crippen LogP contribution < -0.4 is 10.6 Å². The largest absolute Gasteiger partial charge is 0.459 e. The first kappa shape index (κ1) is 21.8. The molecule has 2 heterocycles. The summed E-state index contributed by atoms with van der Waals surface area (Å²) in [6, 6.07) is 14.9. The average molecular weight is 452 g/mol. The highest BCUT2D eigenvalue weighted by molar-refractivity contribution is 6.05. The van der Waals surface area contributed by atoms with E-state index in [1.165, 1.54) is 36.9 Å². The van der Waals surface area contributed by atoms with Gasteiger partial charge >= 0.3 is 6.18 Å². The predicted molar refractivity (Wildman–Crippen MR) is 114 cm³/mol. The number of hydrogen-bond acceptors (Lipinski definition) is 5. The Morgan fingerprint density at radius 2 is 1.58 bits per heavy atom. The van der Waals surface area contributed by atoms with Crippen molar-refractivity contribution in [3.63, 3.8) is 0 Å². The molecule has 0 aliphatic carbocycles. The third-order valence-electron chi connectivity index (χ3n) is 4.52. The lowest BCUT2D eigenvalue weighted by Crippen LogP contribution is -2.18. The summed E-state index contributed by atoms with van der Waals surface area (Å²) in [6.07, 6.45) is -1.06. The van der Waals surface area contributed by atoms with E-state index in [0.29, 0.717) is 5.82 Å². The third kappa shape index (κ3) is 5.06. The van der Waals surface area contributed by atoms with Crippen LogP contribution in [-0.4, -0.2) is 21.8 Å². The molecule has 0 saturated heterocycles. The fraction of sp³-hybridized carbons (Fsp3) is 0.0435. The quantitative estimate of drug-likeness (QED) is 0.431. The minimum Gasteiger partial charge on any atom is -0.459 e. The van der Waals surface area contributed by atoms with Crippen molar-refractivity contribution in [2.24, 2.45) is 0 Å². The van der Waals surface area contributed by atoms with Crippen LogP contribution in [0.25, 0.3) is 11.4 Å². The number of alkyl halides is 3. The summed E-state index contributed by atoms with van der Waals surface area (Å²) in [5.41, 5.74) is -1.00. The number of carbonyl (C=O) groups is 2. The highest BCUT2D eigenvalue weighted by Crippen LogP contribution is 2.37. The van der Waals surface area contributed by atoms with Gasteiger partial charge in [0.2, 0.25) is 0 Å². The maximum Gasteiger partial charge on any atom is 0.418 e. The van der Waals surface area contributed by atoms with Gasteiger partial charge in [-0.25, -0.2) is 9.97 Å². The molecule has 0 atom stereocenters. The monoisotopic (exact) mass is 452 g/mol. The maximum absolute atomic E-state index is 13.6. The third-order valence-corrected chi connectivity index (χ3v) is 4.52. The van der Waals surface area contributed by atoms with Gasteiger partial charge in [0.15, 0.2) is 11.6 Å². The zero-order valence-corrected chi connectivity index (χ0v) is 16.8. The number of benzene rings is 2. The van der Waals surface area contributed by atoms with E-state index in [1.54, 1.807) is 24.3 Å². The Balaban J connectivity index is 1.54. The first-order valence-electron chi connectivity index (χ1n) is 9.56. The summed E-state index contributed by atoms with van der Waals surface area (Å²) in [4.78, 5) is 32.8. The van der Waals surface area contributed by atoms with E-state index < -0.39 is 29.2 Å². The lowest BCUT2D eigenvalue weighted by molar-refractivity contribution is -0.136. The Kier molecular flexibility index (Phi) is 5.90. The molecule has 0 bridgehead atoms. The van der Waals surface area contributed by atoms with Gasteiger partial charge in [0.1, 0.15) is 0 Å². The van der Waals surface area contributed by atoms with Crippen LogP contribution in [0.3, 0.4) is 0 Å². The molecule has 10 heteroatoms. The van der Waals surface area contributed by atoms with Crippen LogP contribution >= 0.6 is 0 Å². The van der Waals surface area contributed by atoms with Gasteiger partial charge in [0, 0.05) is 23.6 Å². The van der Waals surface area contributed by atoms with Crippen LogP contribution in [0.15, 0.2) is 83.7 Å². The summed E-state index contributed by atoms with van der Waals surface area (Å²) in [5.74, 6) is -1.20. The topological polar surface area (TPSA) is 97.1 Å². The fourth-order valence-electron chi connectivity index (χ4n) is 2.94. The van der Waals surface area contributed by atoms with E-state index >= 15 is 0 Å². The normalized spacial score (nSPS) is 11.1. The number of halogens is 3. The molecule has 0 radical (unpaired) electrons. The second-order valence-corrected chi connectivity index (χ2v) is 6.81. The molecule has 2 N–H and O–H groups in total. The lowest BCUT2D eigenvalue weighted by Gasteiger charge is -2.15. The number of amides is 2. The summed E-state index contributed by atoms with van der Waals surface area (Å²) < 4.78 is 45.8. The highest BCUT2D eigenvalue weighted by Gasteiger charge is 2.34. The van der Waals surface area contributed by atoms with E-state index in [0.717, 1.165) is 17.7 Å². The number of hydrogen-bond donors (Lipinski definition) is 2. The van der Waals surface area contributed by atoms with Crippen LogP contribution in [0.2, 0.25) is 0 Å². The zero-order valence-electron chi connectivity index (χ0n) is 16.8. The Morgan fingerprint density at radius 3 is 2.21 bits per heavy atom. The van der Waals surface area contributed by atoms with Crippen LogP contribution in [0, 0.1) is 0 Å². The average Bonchev–Trinajstić information content (AvgIpc) is 3.35. The second kappa shape index (κ2) is 8.95. The van der Waals surface area contributed by atoms with Gasteiger partial charge in [-0.15, -0.1) is 0 Å².